The van der Waals surface area contributed by atoms with E-state index in [1.807, 2.05) is 13.8 Å². The lowest BCUT2D eigenvalue weighted by atomic mass is 10.00. The Kier molecular flexibility index (Phi) is 4.20. The topological polar surface area (TPSA) is 60.2 Å². The zero-order valence-corrected chi connectivity index (χ0v) is 8.95. The van der Waals surface area contributed by atoms with Gasteiger partial charge in [0.1, 0.15) is 0 Å². The molecule has 0 heterocycles. The van der Waals surface area contributed by atoms with Crippen LogP contribution in [-0.4, -0.2) is 13.2 Å². The van der Waals surface area contributed by atoms with Crippen molar-refractivity contribution in [3.8, 4) is 0 Å². The summed E-state index contributed by atoms with van der Waals surface area (Å²) in [7, 11) is -3.39. The molecule has 0 bridgehead atoms. The summed E-state index contributed by atoms with van der Waals surface area (Å²) in [5.41, 5.74) is 0. The van der Waals surface area contributed by atoms with Gasteiger partial charge in [0.05, 0.1) is 4.75 Å². The number of sulfonamides is 1. The molecule has 3 nitrogen and oxygen atoms in total. The summed E-state index contributed by atoms with van der Waals surface area (Å²) in [6.45, 7) is 5.67. The van der Waals surface area contributed by atoms with E-state index in [1.54, 1.807) is 6.92 Å². The summed E-state index contributed by atoms with van der Waals surface area (Å²) in [5.74, 6) is 0. The van der Waals surface area contributed by atoms with E-state index in [4.69, 9.17) is 5.14 Å². The first kappa shape index (κ1) is 11.9. The number of rotatable bonds is 5. The highest BCUT2D eigenvalue weighted by Gasteiger charge is 2.34. The molecule has 0 unspecified atom stereocenters. The normalized spacial score (nSPS) is 13.3. The van der Waals surface area contributed by atoms with E-state index < -0.39 is 14.8 Å². The third kappa shape index (κ3) is 2.75. The molecule has 0 atom stereocenters. The van der Waals surface area contributed by atoms with Gasteiger partial charge in [-0.2, -0.15) is 0 Å². The minimum Gasteiger partial charge on any atom is -0.228 e. The fraction of sp³-hybridized carbons (Fsp3) is 1.00. The number of nitrogens with two attached hydrogens (primary N) is 1. The van der Waals surface area contributed by atoms with Crippen molar-refractivity contribution < 1.29 is 8.42 Å². The molecule has 0 rings (SSSR count). The smallest absolute Gasteiger partial charge is 0.214 e. The van der Waals surface area contributed by atoms with Gasteiger partial charge in [-0.15, -0.1) is 0 Å². The quantitative estimate of drug-likeness (QED) is 0.721. The summed E-state index contributed by atoms with van der Waals surface area (Å²) < 4.78 is 21.7. The maximum Gasteiger partial charge on any atom is 0.214 e. The Morgan fingerprint density at radius 1 is 1.17 bits per heavy atom. The summed E-state index contributed by atoms with van der Waals surface area (Å²) in [4.78, 5) is 0. The van der Waals surface area contributed by atoms with Crippen molar-refractivity contribution in [2.75, 3.05) is 0 Å². The Bertz CT molecular complexity index is 215. The van der Waals surface area contributed by atoms with Gasteiger partial charge in [-0.1, -0.05) is 26.7 Å². The van der Waals surface area contributed by atoms with Crippen molar-refractivity contribution in [1.82, 2.24) is 0 Å². The van der Waals surface area contributed by atoms with Crippen LogP contribution in [0.1, 0.15) is 46.5 Å². The molecule has 4 heteroatoms. The first-order valence-electron chi connectivity index (χ1n) is 4.39. The lowest BCUT2D eigenvalue weighted by Crippen LogP contribution is -2.40. The van der Waals surface area contributed by atoms with Gasteiger partial charge in [0, 0.05) is 0 Å². The first-order valence-corrected chi connectivity index (χ1v) is 5.94. The van der Waals surface area contributed by atoms with E-state index in [1.165, 1.54) is 0 Å². The first-order chi connectivity index (χ1) is 5.37. The molecule has 0 aromatic heterocycles. The second-order valence-electron chi connectivity index (χ2n) is 3.49. The van der Waals surface area contributed by atoms with E-state index in [0.29, 0.717) is 12.8 Å². The van der Waals surface area contributed by atoms with Gasteiger partial charge in [0.2, 0.25) is 10.0 Å². The minimum absolute atomic E-state index is 0.652. The van der Waals surface area contributed by atoms with E-state index in [9.17, 15) is 8.42 Å². The molecule has 12 heavy (non-hydrogen) atoms. The molecule has 0 radical (unpaired) electrons. The maximum atomic E-state index is 11.2. The van der Waals surface area contributed by atoms with Crippen LogP contribution in [0.4, 0.5) is 0 Å². The van der Waals surface area contributed by atoms with Crippen molar-refractivity contribution in [3.05, 3.63) is 0 Å². The van der Waals surface area contributed by atoms with E-state index in [-0.39, 0.29) is 0 Å². The van der Waals surface area contributed by atoms with Crippen LogP contribution >= 0.6 is 0 Å². The number of hydrogen-bond acceptors (Lipinski definition) is 2. The van der Waals surface area contributed by atoms with Crippen LogP contribution in [0.5, 0.6) is 0 Å². The molecule has 0 aromatic carbocycles. The maximum absolute atomic E-state index is 11.2. The summed E-state index contributed by atoms with van der Waals surface area (Å²) >= 11 is 0. The van der Waals surface area contributed by atoms with Crippen LogP contribution < -0.4 is 5.14 Å². The SMILES string of the molecule is CCCC(C)(CCC)S(N)(=O)=O. The van der Waals surface area contributed by atoms with Crippen molar-refractivity contribution in [2.24, 2.45) is 5.14 Å². The molecule has 0 spiro atoms. The van der Waals surface area contributed by atoms with Gasteiger partial charge in [-0.3, -0.25) is 0 Å². The lowest BCUT2D eigenvalue weighted by Gasteiger charge is -2.25. The summed E-state index contributed by atoms with van der Waals surface area (Å²) in [6, 6.07) is 0. The Balaban J connectivity index is 4.62. The minimum atomic E-state index is -3.39. The molecule has 74 valence electrons. The molecule has 0 amide bonds. The third-order valence-electron chi connectivity index (χ3n) is 2.24. The fourth-order valence-corrected chi connectivity index (χ4v) is 2.44. The second kappa shape index (κ2) is 4.23. The highest BCUT2D eigenvalue weighted by molar-refractivity contribution is 7.90. The van der Waals surface area contributed by atoms with E-state index in [0.717, 1.165) is 12.8 Å². The molecule has 0 fully saturated rings. The van der Waals surface area contributed by atoms with Gasteiger partial charge < -0.3 is 0 Å². The number of hydrogen-bond donors (Lipinski definition) is 1. The molecule has 0 saturated carbocycles. The summed E-state index contributed by atoms with van der Waals surface area (Å²) in [6.07, 6.45) is 3.01. The predicted octanol–water partition coefficient (Wildman–Crippen LogP) is 1.63. The van der Waals surface area contributed by atoms with Gasteiger partial charge in [0.15, 0.2) is 0 Å². The van der Waals surface area contributed by atoms with Gasteiger partial charge in [0.25, 0.3) is 0 Å². The van der Waals surface area contributed by atoms with Gasteiger partial charge in [-0.05, 0) is 19.8 Å². The average molecular weight is 193 g/mol. The molecular weight excluding hydrogens is 174 g/mol. The third-order valence-corrected chi connectivity index (χ3v) is 4.03. The molecular formula is C8H19NO2S. The van der Waals surface area contributed by atoms with Crippen molar-refractivity contribution in [2.45, 2.75) is 51.2 Å². The Morgan fingerprint density at radius 3 is 1.67 bits per heavy atom. The van der Waals surface area contributed by atoms with Crippen molar-refractivity contribution in [3.63, 3.8) is 0 Å². The highest BCUT2D eigenvalue weighted by atomic mass is 32.2. The monoisotopic (exact) mass is 193 g/mol. The predicted molar refractivity (Wildman–Crippen MR) is 51.3 cm³/mol. The van der Waals surface area contributed by atoms with E-state index in [2.05, 4.69) is 0 Å². The lowest BCUT2D eigenvalue weighted by molar-refractivity contribution is 0.471. The highest BCUT2D eigenvalue weighted by Crippen LogP contribution is 2.26. The zero-order chi connectivity index (χ0) is 9.83. The number of primary sulfonamides is 1. The van der Waals surface area contributed by atoms with Crippen LogP contribution in [0.2, 0.25) is 0 Å². The van der Waals surface area contributed by atoms with Gasteiger partial charge in [-0.25, -0.2) is 13.6 Å². The second-order valence-corrected chi connectivity index (χ2v) is 5.57. The fourth-order valence-electron chi connectivity index (χ4n) is 1.47. The van der Waals surface area contributed by atoms with Crippen LogP contribution in [0.15, 0.2) is 0 Å². The molecule has 0 aliphatic rings. The van der Waals surface area contributed by atoms with Crippen LogP contribution in [0.3, 0.4) is 0 Å². The molecule has 2 N–H and O–H groups in total. The largest absolute Gasteiger partial charge is 0.228 e. The Labute approximate surface area is 75.4 Å². The van der Waals surface area contributed by atoms with E-state index >= 15 is 0 Å². The molecule has 0 aliphatic heterocycles. The Morgan fingerprint density at radius 2 is 1.50 bits per heavy atom. The molecule has 0 aliphatic carbocycles. The van der Waals surface area contributed by atoms with Crippen LogP contribution in [-0.2, 0) is 10.0 Å². The summed E-state index contributed by atoms with van der Waals surface area (Å²) in [5, 5.41) is 5.16. The standard InChI is InChI=1S/C8H19NO2S/c1-4-6-8(3,7-5-2)12(9,10)11/h4-7H2,1-3H3,(H2,9,10,11). The molecule has 0 saturated heterocycles. The van der Waals surface area contributed by atoms with Crippen LogP contribution in [0, 0.1) is 0 Å². The van der Waals surface area contributed by atoms with Crippen molar-refractivity contribution >= 4 is 10.0 Å². The molecule has 0 aromatic rings. The van der Waals surface area contributed by atoms with Gasteiger partial charge >= 0.3 is 0 Å². The zero-order valence-electron chi connectivity index (χ0n) is 8.13. The Hall–Kier alpha value is -0.0900. The average Bonchev–Trinajstić information content (AvgIpc) is 1.86. The van der Waals surface area contributed by atoms with Crippen molar-refractivity contribution in [1.29, 1.82) is 0 Å². The van der Waals surface area contributed by atoms with Crippen LogP contribution in [0.25, 0.3) is 0 Å².